The van der Waals surface area contributed by atoms with Crippen LogP contribution in [0.4, 0.5) is 11.4 Å². The van der Waals surface area contributed by atoms with Crippen LogP contribution in [-0.4, -0.2) is 54.6 Å². The highest BCUT2D eigenvalue weighted by molar-refractivity contribution is 6.00. The van der Waals surface area contributed by atoms with Crippen molar-refractivity contribution in [1.29, 1.82) is 0 Å². The number of carboxylic acids is 1. The molecule has 2 N–H and O–H groups in total. The summed E-state index contributed by atoms with van der Waals surface area (Å²) in [5.41, 5.74) is 1.35. The highest BCUT2D eigenvalue weighted by atomic mass is 16.4. The van der Waals surface area contributed by atoms with E-state index in [9.17, 15) is 14.7 Å². The third-order valence-electron chi connectivity index (χ3n) is 3.73. The van der Waals surface area contributed by atoms with Crippen molar-refractivity contribution >= 4 is 23.3 Å². The molecular weight excluding hydrogens is 270 g/mol. The molecule has 1 saturated heterocycles. The van der Waals surface area contributed by atoms with Crippen LogP contribution in [0.1, 0.15) is 24.2 Å². The van der Waals surface area contributed by atoms with E-state index in [0.717, 1.165) is 38.4 Å². The van der Waals surface area contributed by atoms with E-state index in [4.69, 9.17) is 0 Å². The number of carbonyl (C=O) groups excluding carboxylic acids is 1. The van der Waals surface area contributed by atoms with Crippen molar-refractivity contribution in [2.24, 2.45) is 0 Å². The highest BCUT2D eigenvalue weighted by Crippen LogP contribution is 2.24. The second-order valence-corrected chi connectivity index (χ2v) is 5.14. The maximum Gasteiger partial charge on any atom is 0.337 e. The van der Waals surface area contributed by atoms with Crippen LogP contribution in [0.15, 0.2) is 18.2 Å². The van der Waals surface area contributed by atoms with Crippen molar-refractivity contribution in [3.63, 3.8) is 0 Å². The van der Waals surface area contributed by atoms with Crippen LogP contribution in [0.2, 0.25) is 0 Å². The summed E-state index contributed by atoms with van der Waals surface area (Å²) in [5, 5.41) is 11.9. The molecule has 0 radical (unpaired) electrons. The van der Waals surface area contributed by atoms with E-state index < -0.39 is 5.97 Å². The Morgan fingerprint density at radius 1 is 1.24 bits per heavy atom. The molecule has 1 aromatic carbocycles. The second-order valence-electron chi connectivity index (χ2n) is 5.14. The quantitative estimate of drug-likeness (QED) is 0.879. The van der Waals surface area contributed by atoms with Gasteiger partial charge in [-0.3, -0.25) is 4.79 Å². The van der Waals surface area contributed by atoms with E-state index in [1.54, 1.807) is 12.1 Å². The number of carbonyl (C=O) groups is 2. The first-order valence-electron chi connectivity index (χ1n) is 7.13. The first kappa shape index (κ1) is 15.3. The Kier molecular flexibility index (Phi) is 4.80. The first-order chi connectivity index (χ1) is 10.0. The summed E-state index contributed by atoms with van der Waals surface area (Å²) < 4.78 is 0. The number of likely N-dealkylation sites (N-methyl/N-ethyl adjacent to an activating group) is 1. The molecule has 0 spiro atoms. The second kappa shape index (κ2) is 6.58. The molecule has 0 unspecified atom stereocenters. The van der Waals surface area contributed by atoms with Gasteiger partial charge in [-0.15, -0.1) is 0 Å². The Morgan fingerprint density at radius 2 is 1.90 bits per heavy atom. The van der Waals surface area contributed by atoms with Crippen molar-refractivity contribution in [1.82, 2.24) is 4.90 Å². The summed E-state index contributed by atoms with van der Waals surface area (Å²) in [5.74, 6) is -1.31. The summed E-state index contributed by atoms with van der Waals surface area (Å²) in [6.45, 7) is 8.26. The Labute approximate surface area is 124 Å². The molecule has 1 aliphatic heterocycles. The van der Waals surface area contributed by atoms with Crippen molar-refractivity contribution < 1.29 is 14.7 Å². The largest absolute Gasteiger partial charge is 0.478 e. The van der Waals surface area contributed by atoms with Gasteiger partial charge < -0.3 is 20.2 Å². The lowest BCUT2D eigenvalue weighted by atomic mass is 10.1. The third-order valence-corrected chi connectivity index (χ3v) is 3.73. The number of hydrogen-bond acceptors (Lipinski definition) is 4. The number of nitrogens with zero attached hydrogens (tertiary/aromatic N) is 2. The zero-order valence-electron chi connectivity index (χ0n) is 12.4. The molecule has 114 valence electrons. The summed E-state index contributed by atoms with van der Waals surface area (Å²) in [6.07, 6.45) is 0. The van der Waals surface area contributed by atoms with Gasteiger partial charge in [0.25, 0.3) is 0 Å². The maximum atomic E-state index is 11.4. The minimum absolute atomic E-state index is 0.126. The van der Waals surface area contributed by atoms with Crippen LogP contribution in [0.25, 0.3) is 0 Å². The average molecular weight is 291 g/mol. The van der Waals surface area contributed by atoms with Crippen molar-refractivity contribution in [2.45, 2.75) is 13.8 Å². The molecule has 1 aromatic rings. The molecule has 1 aliphatic rings. The van der Waals surface area contributed by atoms with Gasteiger partial charge in [-0.25, -0.2) is 4.79 Å². The lowest BCUT2D eigenvalue weighted by Gasteiger charge is -2.35. The van der Waals surface area contributed by atoms with Crippen molar-refractivity contribution in [3.05, 3.63) is 23.8 Å². The molecule has 6 heteroatoms. The highest BCUT2D eigenvalue weighted by Gasteiger charge is 2.18. The number of piperazine rings is 1. The van der Waals surface area contributed by atoms with Crippen molar-refractivity contribution in [3.8, 4) is 0 Å². The van der Waals surface area contributed by atoms with Gasteiger partial charge in [0.05, 0.1) is 11.3 Å². The monoisotopic (exact) mass is 291 g/mol. The predicted molar refractivity (Wildman–Crippen MR) is 82.0 cm³/mol. The number of hydrogen-bond donors (Lipinski definition) is 2. The van der Waals surface area contributed by atoms with E-state index in [2.05, 4.69) is 22.0 Å². The summed E-state index contributed by atoms with van der Waals surface area (Å²) in [4.78, 5) is 27.0. The molecule has 0 atom stereocenters. The van der Waals surface area contributed by atoms with Crippen LogP contribution in [0.5, 0.6) is 0 Å². The average Bonchev–Trinajstić information content (AvgIpc) is 2.47. The Morgan fingerprint density at radius 3 is 2.43 bits per heavy atom. The molecule has 1 heterocycles. The van der Waals surface area contributed by atoms with Gasteiger partial charge in [-0.1, -0.05) is 6.92 Å². The SMILES string of the molecule is CCN1CCN(c2ccc(NC(C)=O)c(C(=O)O)c2)CC1. The zero-order chi connectivity index (χ0) is 15.4. The molecule has 1 fully saturated rings. The number of anilines is 2. The smallest absolute Gasteiger partial charge is 0.337 e. The zero-order valence-corrected chi connectivity index (χ0v) is 12.4. The van der Waals surface area contributed by atoms with Gasteiger partial charge in [-0.05, 0) is 24.7 Å². The van der Waals surface area contributed by atoms with E-state index in [1.807, 2.05) is 6.07 Å². The van der Waals surface area contributed by atoms with Gasteiger partial charge in [0.1, 0.15) is 0 Å². The summed E-state index contributed by atoms with van der Waals surface area (Å²) in [7, 11) is 0. The third kappa shape index (κ3) is 3.72. The van der Waals surface area contributed by atoms with E-state index in [0.29, 0.717) is 5.69 Å². The van der Waals surface area contributed by atoms with E-state index in [1.165, 1.54) is 6.92 Å². The fourth-order valence-electron chi connectivity index (χ4n) is 2.53. The Hall–Kier alpha value is -2.08. The first-order valence-corrected chi connectivity index (χ1v) is 7.13. The van der Waals surface area contributed by atoms with Crippen LogP contribution in [0.3, 0.4) is 0 Å². The van der Waals surface area contributed by atoms with Crippen LogP contribution >= 0.6 is 0 Å². The lowest BCUT2D eigenvalue weighted by molar-refractivity contribution is -0.114. The topological polar surface area (TPSA) is 72.9 Å². The number of nitrogens with one attached hydrogen (secondary N) is 1. The Bertz CT molecular complexity index is 537. The number of amides is 1. The molecule has 21 heavy (non-hydrogen) atoms. The Balaban J connectivity index is 2.20. The van der Waals surface area contributed by atoms with Crippen LogP contribution in [-0.2, 0) is 4.79 Å². The fourth-order valence-corrected chi connectivity index (χ4v) is 2.53. The van der Waals surface area contributed by atoms with Gasteiger partial charge in [0.15, 0.2) is 0 Å². The van der Waals surface area contributed by atoms with Gasteiger partial charge >= 0.3 is 5.97 Å². The summed E-state index contributed by atoms with van der Waals surface area (Å²) in [6, 6.07) is 5.15. The normalized spacial score (nSPS) is 15.8. The van der Waals surface area contributed by atoms with Crippen LogP contribution in [0, 0.1) is 0 Å². The maximum absolute atomic E-state index is 11.4. The number of benzene rings is 1. The minimum atomic E-state index is -1.03. The standard InChI is InChI=1S/C15H21N3O3/c1-3-17-6-8-18(9-7-17)12-4-5-14(16-11(2)19)13(10-12)15(20)21/h4-5,10H,3,6-9H2,1-2H3,(H,16,19)(H,20,21). The molecule has 0 aliphatic carbocycles. The van der Waals surface area contributed by atoms with Gasteiger partial charge in [0.2, 0.25) is 5.91 Å². The molecule has 1 amide bonds. The van der Waals surface area contributed by atoms with E-state index in [-0.39, 0.29) is 11.5 Å². The fraction of sp³-hybridized carbons (Fsp3) is 0.467. The number of carboxylic acid groups (broad SMARTS) is 1. The van der Waals surface area contributed by atoms with Crippen LogP contribution < -0.4 is 10.2 Å². The van der Waals surface area contributed by atoms with Gasteiger partial charge in [0, 0.05) is 38.8 Å². The minimum Gasteiger partial charge on any atom is -0.478 e. The molecule has 0 aromatic heterocycles. The molecular formula is C15H21N3O3. The molecule has 2 rings (SSSR count). The number of aromatic carboxylic acids is 1. The molecule has 0 bridgehead atoms. The number of rotatable bonds is 4. The summed E-state index contributed by atoms with van der Waals surface area (Å²) >= 11 is 0. The molecule has 6 nitrogen and oxygen atoms in total. The van der Waals surface area contributed by atoms with Gasteiger partial charge in [-0.2, -0.15) is 0 Å². The van der Waals surface area contributed by atoms with E-state index >= 15 is 0 Å². The molecule has 0 saturated carbocycles. The lowest BCUT2D eigenvalue weighted by Crippen LogP contribution is -2.46. The van der Waals surface area contributed by atoms with Crippen molar-refractivity contribution in [2.75, 3.05) is 42.9 Å². The predicted octanol–water partition coefficient (Wildman–Crippen LogP) is 1.49.